The number of phenols is 1. The molecule has 16 heavy (non-hydrogen) atoms. The third-order valence-electron chi connectivity index (χ3n) is 2.76. The van der Waals surface area contributed by atoms with E-state index in [9.17, 15) is 5.11 Å². The molecule has 3 N–H and O–H groups in total. The second kappa shape index (κ2) is 5.51. The van der Waals surface area contributed by atoms with Gasteiger partial charge in [-0.25, -0.2) is 0 Å². The molecule has 0 aromatic heterocycles. The molecule has 0 saturated heterocycles. The summed E-state index contributed by atoms with van der Waals surface area (Å²) in [5.41, 5.74) is 8.95. The van der Waals surface area contributed by atoms with Gasteiger partial charge in [0.2, 0.25) is 0 Å². The maximum atomic E-state index is 9.94. The molecule has 0 saturated carbocycles. The van der Waals surface area contributed by atoms with Gasteiger partial charge in [0.1, 0.15) is 5.75 Å². The second-order valence-electron chi connectivity index (χ2n) is 4.04. The highest BCUT2D eigenvalue weighted by Gasteiger charge is 2.16. The number of rotatable bonds is 4. The summed E-state index contributed by atoms with van der Waals surface area (Å²) in [5.74, 6) is 0.287. The van der Waals surface area contributed by atoms with Crippen LogP contribution in [0.25, 0.3) is 0 Å². The van der Waals surface area contributed by atoms with Crippen LogP contribution in [0.15, 0.2) is 23.2 Å². The van der Waals surface area contributed by atoms with Crippen LogP contribution in [-0.2, 0) is 0 Å². The molecule has 0 aliphatic heterocycles. The first-order chi connectivity index (χ1) is 7.49. The molecule has 0 radical (unpaired) electrons. The van der Waals surface area contributed by atoms with E-state index in [0.29, 0.717) is 0 Å². The fraction of sp³-hybridized carbons (Fsp3) is 0.385. The summed E-state index contributed by atoms with van der Waals surface area (Å²) in [6.45, 7) is 7.60. The number of allylic oxidation sites excluding steroid dienone is 1. The highest BCUT2D eigenvalue weighted by Crippen LogP contribution is 2.35. The number of phenolic OH excluding ortho intramolecular Hbond substituents is 1. The van der Waals surface area contributed by atoms with Gasteiger partial charge < -0.3 is 10.8 Å². The molecule has 0 bridgehead atoms. The Labute approximate surface area is 105 Å². The maximum Gasteiger partial charge on any atom is 0.120 e. The summed E-state index contributed by atoms with van der Waals surface area (Å²) in [6.07, 6.45) is 3.49. The first kappa shape index (κ1) is 13.3. The molecule has 0 spiro atoms. The van der Waals surface area contributed by atoms with Crippen LogP contribution in [0.4, 0.5) is 0 Å². The Kier molecular flexibility index (Phi) is 4.56. The molecule has 0 fully saturated rings. The van der Waals surface area contributed by atoms with Gasteiger partial charge >= 0.3 is 0 Å². The first-order valence-electron chi connectivity index (χ1n) is 5.34. The Morgan fingerprint density at radius 2 is 2.19 bits per heavy atom. The first-order valence-corrected chi connectivity index (χ1v) is 6.13. The number of aryl methyl sites for hydroxylation is 1. The van der Waals surface area contributed by atoms with E-state index in [-0.39, 0.29) is 11.8 Å². The van der Waals surface area contributed by atoms with Crippen molar-refractivity contribution in [2.75, 3.05) is 0 Å². The van der Waals surface area contributed by atoms with E-state index in [1.165, 1.54) is 0 Å². The van der Waals surface area contributed by atoms with Crippen LogP contribution in [0.1, 0.15) is 35.6 Å². The number of benzene rings is 1. The van der Waals surface area contributed by atoms with Crippen molar-refractivity contribution >= 4 is 15.9 Å². The molecule has 0 unspecified atom stereocenters. The molecule has 88 valence electrons. The summed E-state index contributed by atoms with van der Waals surface area (Å²) in [4.78, 5) is 0. The number of hydrogen-bond acceptors (Lipinski definition) is 2. The molecule has 0 aliphatic rings. The lowest BCUT2D eigenvalue weighted by Crippen LogP contribution is -2.12. The van der Waals surface area contributed by atoms with Crippen molar-refractivity contribution in [3.63, 3.8) is 0 Å². The highest BCUT2D eigenvalue weighted by molar-refractivity contribution is 9.10. The topological polar surface area (TPSA) is 46.2 Å². The van der Waals surface area contributed by atoms with Crippen LogP contribution in [-0.4, -0.2) is 5.11 Å². The maximum absolute atomic E-state index is 9.94. The van der Waals surface area contributed by atoms with Gasteiger partial charge in [-0.1, -0.05) is 22.0 Å². The van der Waals surface area contributed by atoms with Crippen LogP contribution in [0, 0.1) is 13.8 Å². The molecule has 0 heterocycles. The molecule has 1 aromatic rings. The zero-order valence-electron chi connectivity index (χ0n) is 9.76. The number of halogens is 1. The summed E-state index contributed by atoms with van der Waals surface area (Å²) >= 11 is 3.51. The quantitative estimate of drug-likeness (QED) is 0.827. The SMILES string of the molecule is C=CCC[C@@H](N)c1c(O)cc(C)c(Br)c1C. The predicted octanol–water partition coefficient (Wildman–Crippen LogP) is 3.74. The average molecular weight is 284 g/mol. The number of aromatic hydroxyl groups is 1. The van der Waals surface area contributed by atoms with Crippen molar-refractivity contribution in [1.29, 1.82) is 0 Å². The lowest BCUT2D eigenvalue weighted by molar-refractivity contribution is 0.457. The third-order valence-corrected chi connectivity index (χ3v) is 3.98. The van der Waals surface area contributed by atoms with Crippen LogP contribution in [0.2, 0.25) is 0 Å². The second-order valence-corrected chi connectivity index (χ2v) is 4.83. The molecule has 1 aromatic carbocycles. The Hall–Kier alpha value is -0.800. The van der Waals surface area contributed by atoms with Gasteiger partial charge in [0.15, 0.2) is 0 Å². The van der Waals surface area contributed by atoms with Gasteiger partial charge in [-0.2, -0.15) is 0 Å². The van der Waals surface area contributed by atoms with E-state index in [4.69, 9.17) is 5.73 Å². The molecule has 3 heteroatoms. The van der Waals surface area contributed by atoms with Crippen molar-refractivity contribution in [1.82, 2.24) is 0 Å². The van der Waals surface area contributed by atoms with E-state index in [0.717, 1.165) is 34.0 Å². The monoisotopic (exact) mass is 283 g/mol. The van der Waals surface area contributed by atoms with Crippen LogP contribution in [0.3, 0.4) is 0 Å². The van der Waals surface area contributed by atoms with Gasteiger partial charge in [-0.05, 0) is 43.9 Å². The zero-order valence-corrected chi connectivity index (χ0v) is 11.3. The predicted molar refractivity (Wildman–Crippen MR) is 71.6 cm³/mol. The van der Waals surface area contributed by atoms with E-state index in [1.54, 1.807) is 6.07 Å². The lowest BCUT2D eigenvalue weighted by atomic mass is 9.95. The Bertz CT molecular complexity index is 401. The number of nitrogens with two attached hydrogens (primary N) is 1. The molecule has 0 aliphatic carbocycles. The minimum absolute atomic E-state index is 0.144. The average Bonchev–Trinajstić information content (AvgIpc) is 2.23. The van der Waals surface area contributed by atoms with E-state index < -0.39 is 0 Å². The normalized spacial score (nSPS) is 12.5. The molecular formula is C13H18BrNO. The van der Waals surface area contributed by atoms with Gasteiger partial charge in [0.05, 0.1) is 0 Å². The summed E-state index contributed by atoms with van der Waals surface area (Å²) in [6, 6.07) is 1.61. The summed E-state index contributed by atoms with van der Waals surface area (Å²) in [5, 5.41) is 9.94. The van der Waals surface area contributed by atoms with Gasteiger partial charge in [0, 0.05) is 16.1 Å². The number of hydrogen-bond donors (Lipinski definition) is 2. The van der Waals surface area contributed by atoms with Crippen molar-refractivity contribution in [2.45, 2.75) is 32.7 Å². The third kappa shape index (κ3) is 2.66. The fourth-order valence-electron chi connectivity index (χ4n) is 1.86. The van der Waals surface area contributed by atoms with Crippen LogP contribution < -0.4 is 5.73 Å². The molecule has 2 nitrogen and oxygen atoms in total. The minimum Gasteiger partial charge on any atom is -0.508 e. The van der Waals surface area contributed by atoms with Gasteiger partial charge in [-0.3, -0.25) is 0 Å². The Morgan fingerprint density at radius 3 is 2.75 bits per heavy atom. The summed E-state index contributed by atoms with van der Waals surface area (Å²) in [7, 11) is 0. The van der Waals surface area contributed by atoms with Crippen molar-refractivity contribution in [3.05, 3.63) is 39.9 Å². The van der Waals surface area contributed by atoms with E-state index in [2.05, 4.69) is 22.5 Å². The highest BCUT2D eigenvalue weighted by atomic mass is 79.9. The Balaban J connectivity index is 3.12. The Morgan fingerprint density at radius 1 is 1.56 bits per heavy atom. The standard InChI is InChI=1S/C13H18BrNO/c1-4-5-6-10(15)12-9(3)13(14)8(2)7-11(12)16/h4,7,10,16H,1,5-6,15H2,2-3H3/t10-/m1/s1. The van der Waals surface area contributed by atoms with Crippen molar-refractivity contribution in [3.8, 4) is 5.75 Å². The largest absolute Gasteiger partial charge is 0.508 e. The molecule has 1 atom stereocenters. The minimum atomic E-state index is -0.144. The fourth-order valence-corrected chi connectivity index (χ4v) is 2.19. The zero-order chi connectivity index (χ0) is 12.3. The molecular weight excluding hydrogens is 266 g/mol. The lowest BCUT2D eigenvalue weighted by Gasteiger charge is -2.18. The summed E-state index contributed by atoms with van der Waals surface area (Å²) < 4.78 is 1.02. The van der Waals surface area contributed by atoms with Gasteiger partial charge in [-0.15, -0.1) is 6.58 Å². The smallest absolute Gasteiger partial charge is 0.120 e. The van der Waals surface area contributed by atoms with Gasteiger partial charge in [0.25, 0.3) is 0 Å². The van der Waals surface area contributed by atoms with E-state index in [1.807, 2.05) is 19.9 Å². The van der Waals surface area contributed by atoms with E-state index >= 15 is 0 Å². The van der Waals surface area contributed by atoms with Crippen molar-refractivity contribution < 1.29 is 5.11 Å². The molecule has 1 rings (SSSR count). The van der Waals surface area contributed by atoms with Crippen molar-refractivity contribution in [2.24, 2.45) is 5.73 Å². The molecule has 0 amide bonds. The van der Waals surface area contributed by atoms with Crippen LogP contribution >= 0.6 is 15.9 Å². The van der Waals surface area contributed by atoms with Crippen LogP contribution in [0.5, 0.6) is 5.75 Å².